The second-order valence-corrected chi connectivity index (χ2v) is 4.64. The summed E-state index contributed by atoms with van der Waals surface area (Å²) in [5.74, 6) is 0.469. The van der Waals surface area contributed by atoms with E-state index >= 15 is 0 Å². The summed E-state index contributed by atoms with van der Waals surface area (Å²) in [6, 6.07) is 0.209. The van der Waals surface area contributed by atoms with Gasteiger partial charge in [-0.05, 0) is 25.2 Å². The largest absolute Gasteiger partial charge is 0.327 e. The fourth-order valence-electron chi connectivity index (χ4n) is 2.60. The maximum absolute atomic E-state index is 11.0. The van der Waals surface area contributed by atoms with Gasteiger partial charge in [0.25, 0.3) is 0 Å². The zero-order valence-electron chi connectivity index (χ0n) is 9.53. The molecule has 0 saturated heterocycles. The van der Waals surface area contributed by atoms with E-state index in [1.807, 2.05) is 6.08 Å². The number of allylic oxidation sites excluding steroid dienone is 1. The van der Waals surface area contributed by atoms with E-state index in [-0.39, 0.29) is 12.0 Å². The highest BCUT2D eigenvalue weighted by Crippen LogP contribution is 2.28. The standard InChI is InChI=1S/C13H23NO/c1-2-7-11(10-15)12-8-5-3-4-6-9-13(12)14/h2,10-13H,1,3-9,14H2. The lowest BCUT2D eigenvalue weighted by Crippen LogP contribution is -2.36. The van der Waals surface area contributed by atoms with E-state index in [0.29, 0.717) is 5.92 Å². The molecule has 0 heterocycles. The lowest BCUT2D eigenvalue weighted by atomic mass is 9.78. The van der Waals surface area contributed by atoms with E-state index < -0.39 is 0 Å². The molecule has 1 fully saturated rings. The highest BCUT2D eigenvalue weighted by atomic mass is 16.1. The molecule has 15 heavy (non-hydrogen) atoms. The molecule has 0 amide bonds. The Kier molecular flexibility index (Phi) is 5.62. The fourth-order valence-corrected chi connectivity index (χ4v) is 2.60. The number of hydrogen-bond acceptors (Lipinski definition) is 2. The SMILES string of the molecule is C=CCC(C=O)C1CCCCCCC1N. The summed E-state index contributed by atoms with van der Waals surface area (Å²) in [5.41, 5.74) is 6.16. The third-order valence-electron chi connectivity index (χ3n) is 3.54. The molecule has 1 rings (SSSR count). The number of carbonyl (C=O) groups excluding carboxylic acids is 1. The maximum Gasteiger partial charge on any atom is 0.123 e. The maximum atomic E-state index is 11.0. The summed E-state index contributed by atoms with van der Waals surface area (Å²) in [6.07, 6.45) is 10.9. The smallest absolute Gasteiger partial charge is 0.123 e. The molecular formula is C13H23NO. The molecule has 0 aromatic rings. The zero-order valence-corrected chi connectivity index (χ0v) is 9.53. The van der Waals surface area contributed by atoms with Gasteiger partial charge in [0.1, 0.15) is 6.29 Å². The Morgan fingerprint density at radius 2 is 1.93 bits per heavy atom. The van der Waals surface area contributed by atoms with Crippen LogP contribution in [0.5, 0.6) is 0 Å². The minimum Gasteiger partial charge on any atom is -0.327 e. The van der Waals surface area contributed by atoms with Crippen LogP contribution < -0.4 is 5.73 Å². The molecule has 2 nitrogen and oxygen atoms in total. The van der Waals surface area contributed by atoms with Gasteiger partial charge in [0, 0.05) is 12.0 Å². The molecule has 0 aliphatic heterocycles. The Labute approximate surface area is 92.9 Å². The van der Waals surface area contributed by atoms with Crippen molar-refractivity contribution in [2.75, 3.05) is 0 Å². The third-order valence-corrected chi connectivity index (χ3v) is 3.54. The lowest BCUT2D eigenvalue weighted by Gasteiger charge is -2.30. The van der Waals surface area contributed by atoms with Gasteiger partial charge < -0.3 is 10.5 Å². The first kappa shape index (κ1) is 12.4. The molecule has 0 spiro atoms. The molecule has 1 aliphatic rings. The summed E-state index contributed by atoms with van der Waals surface area (Å²) in [7, 11) is 0. The summed E-state index contributed by atoms with van der Waals surface area (Å²) in [4.78, 5) is 11.0. The van der Waals surface area contributed by atoms with E-state index in [1.165, 1.54) is 25.7 Å². The topological polar surface area (TPSA) is 43.1 Å². The van der Waals surface area contributed by atoms with Crippen LogP contribution in [0.15, 0.2) is 12.7 Å². The molecular weight excluding hydrogens is 186 g/mol. The number of nitrogens with two attached hydrogens (primary N) is 1. The number of carbonyl (C=O) groups is 1. The number of hydrogen-bond donors (Lipinski definition) is 1. The van der Waals surface area contributed by atoms with Crippen molar-refractivity contribution in [3.8, 4) is 0 Å². The average molecular weight is 209 g/mol. The van der Waals surface area contributed by atoms with Crippen LogP contribution in [0.2, 0.25) is 0 Å². The Morgan fingerprint density at radius 3 is 2.53 bits per heavy atom. The van der Waals surface area contributed by atoms with Gasteiger partial charge in [-0.1, -0.05) is 31.8 Å². The molecule has 2 N–H and O–H groups in total. The molecule has 3 atom stereocenters. The van der Waals surface area contributed by atoms with Gasteiger partial charge in [-0.15, -0.1) is 6.58 Å². The third kappa shape index (κ3) is 3.78. The quantitative estimate of drug-likeness (QED) is 0.571. The van der Waals surface area contributed by atoms with Crippen molar-refractivity contribution in [1.29, 1.82) is 0 Å². The summed E-state index contributed by atoms with van der Waals surface area (Å²) < 4.78 is 0. The van der Waals surface area contributed by atoms with Crippen LogP contribution in [-0.4, -0.2) is 12.3 Å². The van der Waals surface area contributed by atoms with Crippen molar-refractivity contribution >= 4 is 6.29 Å². The summed E-state index contributed by atoms with van der Waals surface area (Å²) >= 11 is 0. The van der Waals surface area contributed by atoms with Crippen LogP contribution in [-0.2, 0) is 4.79 Å². The van der Waals surface area contributed by atoms with Gasteiger partial charge in [-0.25, -0.2) is 0 Å². The predicted octanol–water partition coefficient (Wildman–Crippen LogP) is 2.68. The fraction of sp³-hybridized carbons (Fsp3) is 0.769. The van der Waals surface area contributed by atoms with Crippen LogP contribution in [0, 0.1) is 11.8 Å². The van der Waals surface area contributed by atoms with Gasteiger partial charge >= 0.3 is 0 Å². The van der Waals surface area contributed by atoms with Crippen LogP contribution >= 0.6 is 0 Å². The van der Waals surface area contributed by atoms with Gasteiger partial charge in [0.2, 0.25) is 0 Å². The molecule has 1 saturated carbocycles. The minimum absolute atomic E-state index is 0.0931. The monoisotopic (exact) mass is 209 g/mol. The molecule has 0 radical (unpaired) electrons. The molecule has 86 valence electrons. The number of aldehydes is 1. The van der Waals surface area contributed by atoms with Gasteiger partial charge in [-0.2, -0.15) is 0 Å². The molecule has 1 aliphatic carbocycles. The lowest BCUT2D eigenvalue weighted by molar-refractivity contribution is -0.112. The minimum atomic E-state index is 0.0931. The van der Waals surface area contributed by atoms with Crippen molar-refractivity contribution in [3.63, 3.8) is 0 Å². The first-order valence-electron chi connectivity index (χ1n) is 6.11. The van der Waals surface area contributed by atoms with Gasteiger partial charge in [-0.3, -0.25) is 0 Å². The van der Waals surface area contributed by atoms with E-state index in [1.54, 1.807) is 0 Å². The zero-order chi connectivity index (χ0) is 11.1. The average Bonchev–Trinajstić information content (AvgIpc) is 2.22. The highest BCUT2D eigenvalue weighted by Gasteiger charge is 2.26. The normalized spacial score (nSPS) is 29.9. The Hall–Kier alpha value is -0.630. The Bertz CT molecular complexity index is 203. The highest BCUT2D eigenvalue weighted by molar-refractivity contribution is 5.54. The first-order valence-corrected chi connectivity index (χ1v) is 6.11. The van der Waals surface area contributed by atoms with Crippen molar-refractivity contribution in [3.05, 3.63) is 12.7 Å². The van der Waals surface area contributed by atoms with Gasteiger partial charge in [0.05, 0.1) is 0 Å². The van der Waals surface area contributed by atoms with E-state index in [2.05, 4.69) is 6.58 Å². The van der Waals surface area contributed by atoms with Crippen LogP contribution in [0.25, 0.3) is 0 Å². The Balaban J connectivity index is 2.59. The van der Waals surface area contributed by atoms with Crippen molar-refractivity contribution in [2.24, 2.45) is 17.6 Å². The van der Waals surface area contributed by atoms with Crippen molar-refractivity contribution in [1.82, 2.24) is 0 Å². The second-order valence-electron chi connectivity index (χ2n) is 4.64. The molecule has 3 unspecified atom stereocenters. The first-order chi connectivity index (χ1) is 7.29. The van der Waals surface area contributed by atoms with E-state index in [0.717, 1.165) is 25.5 Å². The molecule has 2 heteroatoms. The number of rotatable bonds is 4. The van der Waals surface area contributed by atoms with Crippen molar-refractivity contribution in [2.45, 2.75) is 51.0 Å². The molecule has 0 bridgehead atoms. The van der Waals surface area contributed by atoms with Crippen LogP contribution in [0.3, 0.4) is 0 Å². The molecule has 0 aromatic carbocycles. The summed E-state index contributed by atoms with van der Waals surface area (Å²) in [6.45, 7) is 3.71. The summed E-state index contributed by atoms with van der Waals surface area (Å²) in [5, 5.41) is 0. The van der Waals surface area contributed by atoms with Crippen LogP contribution in [0.1, 0.15) is 44.9 Å². The molecule has 0 aromatic heterocycles. The van der Waals surface area contributed by atoms with E-state index in [4.69, 9.17) is 5.73 Å². The second kappa shape index (κ2) is 6.78. The van der Waals surface area contributed by atoms with Gasteiger partial charge in [0.15, 0.2) is 0 Å². The Morgan fingerprint density at radius 1 is 1.27 bits per heavy atom. The van der Waals surface area contributed by atoms with E-state index in [9.17, 15) is 4.79 Å². The van der Waals surface area contributed by atoms with Crippen molar-refractivity contribution < 1.29 is 4.79 Å². The predicted molar refractivity (Wildman–Crippen MR) is 63.5 cm³/mol. The van der Waals surface area contributed by atoms with Crippen LogP contribution in [0.4, 0.5) is 0 Å².